The maximum atomic E-state index is 11.9. The molecule has 0 radical (unpaired) electrons. The van der Waals surface area contributed by atoms with Crippen molar-refractivity contribution < 1.29 is 19.7 Å². The van der Waals surface area contributed by atoms with Gasteiger partial charge in [0.15, 0.2) is 17.6 Å². The Bertz CT molecular complexity index is 691. The van der Waals surface area contributed by atoms with Crippen LogP contribution in [0.15, 0.2) is 9.98 Å². The van der Waals surface area contributed by atoms with Crippen LogP contribution in [0.1, 0.15) is 13.3 Å². The first-order valence-corrected chi connectivity index (χ1v) is 8.29. The fourth-order valence-corrected chi connectivity index (χ4v) is 3.71. The highest BCUT2D eigenvalue weighted by Crippen LogP contribution is 2.44. The summed E-state index contributed by atoms with van der Waals surface area (Å²) in [4.78, 5) is 22.0. The summed E-state index contributed by atoms with van der Waals surface area (Å²) in [6.07, 6.45) is -0.581. The van der Waals surface area contributed by atoms with Crippen LogP contribution < -0.4 is 33.0 Å². The number of hydrogen-bond donors (Lipinski definition) is 8. The van der Waals surface area contributed by atoms with Crippen LogP contribution in [0.3, 0.4) is 0 Å². The summed E-state index contributed by atoms with van der Waals surface area (Å²) in [5.41, 5.74) is 15.8. The molecule has 4 aliphatic heterocycles. The number of hydrazine groups is 1. The maximum Gasteiger partial charge on any atom is 0.407 e. The zero-order chi connectivity index (χ0) is 18.7. The summed E-state index contributed by atoms with van der Waals surface area (Å²) in [5, 5.41) is 26.5. The first-order chi connectivity index (χ1) is 12.2. The van der Waals surface area contributed by atoms with Gasteiger partial charge in [-0.1, -0.05) is 0 Å². The van der Waals surface area contributed by atoms with Crippen molar-refractivity contribution >= 4 is 18.0 Å². The molecule has 1 spiro atoms. The predicted molar refractivity (Wildman–Crippen MR) is 89.2 cm³/mol. The minimum Gasteiger partial charge on any atom is -0.447 e. The van der Waals surface area contributed by atoms with E-state index in [0.717, 1.165) is 0 Å². The summed E-state index contributed by atoms with van der Waals surface area (Å²) in [6.45, 7) is 2.36. The average Bonchev–Trinajstić information content (AvgIpc) is 3.09. The molecule has 13 heteroatoms. The molecule has 4 aliphatic rings. The number of aliphatic imine (C=N–C) groups is 2. The van der Waals surface area contributed by atoms with Crippen LogP contribution in [0.25, 0.3) is 0 Å². The van der Waals surface area contributed by atoms with Crippen molar-refractivity contribution in [2.45, 2.75) is 42.5 Å². The highest BCUT2D eigenvalue weighted by atomic mass is 16.5. The van der Waals surface area contributed by atoms with Gasteiger partial charge < -0.3 is 42.0 Å². The van der Waals surface area contributed by atoms with Crippen LogP contribution in [-0.4, -0.2) is 82.0 Å². The Labute approximate surface area is 148 Å². The Morgan fingerprint density at radius 1 is 1.42 bits per heavy atom. The topological polar surface area (TPSA) is 215 Å². The number of nitrogens with zero attached hydrogens (tertiary/aromatic N) is 3. The van der Waals surface area contributed by atoms with E-state index in [0.29, 0.717) is 6.54 Å². The largest absolute Gasteiger partial charge is 0.447 e. The Balaban J connectivity index is 1.48. The van der Waals surface area contributed by atoms with Gasteiger partial charge in [-0.25, -0.2) is 25.6 Å². The van der Waals surface area contributed by atoms with Gasteiger partial charge in [-0.15, -0.1) is 0 Å². The third kappa shape index (κ3) is 2.43. The van der Waals surface area contributed by atoms with Gasteiger partial charge >= 0.3 is 6.09 Å². The molecule has 0 saturated carbocycles. The van der Waals surface area contributed by atoms with Gasteiger partial charge in [-0.05, 0) is 6.92 Å². The van der Waals surface area contributed by atoms with Crippen molar-refractivity contribution in [3.8, 4) is 0 Å². The summed E-state index contributed by atoms with van der Waals surface area (Å²) >= 11 is 0. The molecular weight excluding hydrogens is 346 g/mol. The Morgan fingerprint density at radius 2 is 2.15 bits per heavy atom. The van der Waals surface area contributed by atoms with Crippen LogP contribution >= 0.6 is 0 Å². The van der Waals surface area contributed by atoms with Crippen LogP contribution in [0, 0.1) is 0 Å². The summed E-state index contributed by atoms with van der Waals surface area (Å²) in [7, 11) is 0. The quantitative estimate of drug-likeness (QED) is 0.176. The van der Waals surface area contributed by atoms with Crippen LogP contribution in [0.2, 0.25) is 0 Å². The Kier molecular flexibility index (Phi) is 3.50. The summed E-state index contributed by atoms with van der Waals surface area (Å²) < 4.78 is 5.22. The Morgan fingerprint density at radius 3 is 2.85 bits per heavy atom. The minimum absolute atomic E-state index is 0.0438. The summed E-state index contributed by atoms with van der Waals surface area (Å²) in [5.74, 6) is -1.97. The molecule has 3 atom stereocenters. The van der Waals surface area contributed by atoms with Crippen molar-refractivity contribution in [2.24, 2.45) is 21.5 Å². The SMILES string of the molecule is CC1(CNC(=O)OC[C@@H]2N=C(N)N3CCC(O)(O)C34NC(N)=NC24)NN1. The fourth-order valence-electron chi connectivity index (χ4n) is 3.71. The maximum absolute atomic E-state index is 11.9. The Hall–Kier alpha value is -2.35. The molecule has 2 unspecified atom stereocenters. The number of carbonyl (C=O) groups excluding carboxylic acids is 1. The number of nitrogens with two attached hydrogens (primary N) is 2. The van der Waals surface area contributed by atoms with E-state index >= 15 is 0 Å². The number of nitrogens with one attached hydrogen (secondary N) is 4. The first kappa shape index (κ1) is 17.1. The first-order valence-electron chi connectivity index (χ1n) is 8.29. The molecule has 10 N–H and O–H groups in total. The second kappa shape index (κ2) is 5.33. The van der Waals surface area contributed by atoms with Gasteiger partial charge in [0.1, 0.15) is 24.4 Å². The molecular formula is C13H23N9O4. The molecule has 0 aliphatic carbocycles. The van der Waals surface area contributed by atoms with Crippen molar-refractivity contribution in [3.05, 3.63) is 0 Å². The van der Waals surface area contributed by atoms with E-state index in [4.69, 9.17) is 16.2 Å². The number of ether oxygens (including phenoxy) is 1. The van der Waals surface area contributed by atoms with Crippen LogP contribution in [0.5, 0.6) is 0 Å². The van der Waals surface area contributed by atoms with E-state index in [9.17, 15) is 15.0 Å². The monoisotopic (exact) mass is 369 g/mol. The fraction of sp³-hybridized carbons (Fsp3) is 0.769. The molecule has 2 saturated heterocycles. The number of carbonyl (C=O) groups is 1. The summed E-state index contributed by atoms with van der Waals surface area (Å²) in [6, 6.07) is -1.49. The molecule has 0 aromatic carbocycles. The zero-order valence-electron chi connectivity index (χ0n) is 14.2. The second-order valence-corrected chi connectivity index (χ2v) is 7.16. The third-order valence-electron chi connectivity index (χ3n) is 5.21. The number of aliphatic hydroxyl groups is 2. The van der Waals surface area contributed by atoms with Crippen molar-refractivity contribution in [1.29, 1.82) is 0 Å². The highest BCUT2D eigenvalue weighted by Gasteiger charge is 2.69. The van der Waals surface area contributed by atoms with Crippen molar-refractivity contribution in [3.63, 3.8) is 0 Å². The van der Waals surface area contributed by atoms with Crippen molar-refractivity contribution in [1.82, 2.24) is 26.4 Å². The average molecular weight is 369 g/mol. The number of hydrogen-bond acceptors (Lipinski definition) is 12. The van der Waals surface area contributed by atoms with Crippen LogP contribution in [0.4, 0.5) is 4.79 Å². The van der Waals surface area contributed by atoms with Gasteiger partial charge in [-0.2, -0.15) is 0 Å². The van der Waals surface area contributed by atoms with Gasteiger partial charge in [0.05, 0.1) is 6.54 Å². The minimum atomic E-state index is -2.12. The molecule has 4 heterocycles. The molecule has 144 valence electrons. The van der Waals surface area contributed by atoms with E-state index in [1.54, 1.807) is 4.90 Å². The van der Waals surface area contributed by atoms with Gasteiger partial charge in [-0.3, -0.25) is 0 Å². The molecule has 2 fully saturated rings. The number of amides is 1. The van der Waals surface area contributed by atoms with E-state index < -0.39 is 29.6 Å². The standard InChI is InChI=1S/C13H23N9O4/c1-11(20-21-11)5-16-10(23)26-4-6-7-13(19-8(14)18-7)12(24,25)2-3-22(13)9(15)17-6/h6-7,20-21,24-25H,2-5H2,1H3,(H2,15,17)(H,16,23)(H3,14,18,19)/t6-,7?,13?/m0/s1. The molecule has 1 amide bonds. The number of guanidine groups is 2. The molecule has 4 rings (SSSR count). The van der Waals surface area contributed by atoms with Crippen LogP contribution in [-0.2, 0) is 4.74 Å². The lowest BCUT2D eigenvalue weighted by molar-refractivity contribution is -0.221. The lowest BCUT2D eigenvalue weighted by atomic mass is 9.87. The molecule has 0 aromatic heterocycles. The van der Waals surface area contributed by atoms with E-state index in [1.807, 2.05) is 6.92 Å². The third-order valence-corrected chi connectivity index (χ3v) is 5.21. The normalized spacial score (nSPS) is 35.6. The molecule has 0 bridgehead atoms. The molecule has 0 aromatic rings. The lowest BCUT2D eigenvalue weighted by Crippen LogP contribution is -2.76. The van der Waals surface area contributed by atoms with E-state index in [2.05, 4.69) is 31.5 Å². The predicted octanol–water partition coefficient (Wildman–Crippen LogP) is -4.40. The smallest absolute Gasteiger partial charge is 0.407 e. The van der Waals surface area contributed by atoms with Gasteiger partial charge in [0.2, 0.25) is 5.79 Å². The molecule has 26 heavy (non-hydrogen) atoms. The lowest BCUT2D eigenvalue weighted by Gasteiger charge is -2.48. The van der Waals surface area contributed by atoms with Gasteiger partial charge in [0.25, 0.3) is 0 Å². The van der Waals surface area contributed by atoms with Crippen molar-refractivity contribution in [2.75, 3.05) is 19.7 Å². The highest BCUT2D eigenvalue weighted by molar-refractivity contribution is 5.87. The van der Waals surface area contributed by atoms with E-state index in [1.165, 1.54) is 0 Å². The van der Waals surface area contributed by atoms with E-state index in [-0.39, 0.29) is 37.2 Å². The number of alkyl carbamates (subject to hydrolysis) is 1. The molecule has 13 nitrogen and oxygen atoms in total. The zero-order valence-corrected chi connectivity index (χ0v) is 14.2. The number of rotatable bonds is 4. The van der Waals surface area contributed by atoms with Gasteiger partial charge in [0, 0.05) is 13.0 Å². The second-order valence-electron chi connectivity index (χ2n) is 7.16.